The van der Waals surface area contributed by atoms with Crippen LogP contribution in [0.2, 0.25) is 0 Å². The van der Waals surface area contributed by atoms with Gasteiger partial charge in [0.05, 0.1) is 35.5 Å². The lowest BCUT2D eigenvalue weighted by Gasteiger charge is -2.35. The van der Waals surface area contributed by atoms with Gasteiger partial charge >= 0.3 is 6.09 Å². The first-order valence-corrected chi connectivity index (χ1v) is 11.9. The molecule has 1 N–H and O–H groups in total. The Balaban J connectivity index is 1.63. The van der Waals surface area contributed by atoms with Gasteiger partial charge in [-0.25, -0.2) is 17.6 Å². The summed E-state index contributed by atoms with van der Waals surface area (Å²) in [6.45, 7) is 3.57. The maximum atomic E-state index is 14.8. The molecule has 2 aliphatic rings. The summed E-state index contributed by atoms with van der Waals surface area (Å²) in [6, 6.07) is 6.16. The van der Waals surface area contributed by atoms with E-state index in [1.165, 1.54) is 15.3 Å². The highest BCUT2D eigenvalue weighted by molar-refractivity contribution is 7.89. The fraction of sp³-hybridized carbons (Fsp3) is 0.526. The van der Waals surface area contributed by atoms with Crippen LogP contribution in [0.15, 0.2) is 18.2 Å². The standard InChI is InChI=1S/C19H24FN5O4S2/c1-2-18(30)22-12-15-13-25(19(26)29-15)14-3-4-17(16(20)11-14)23-6-8-24(9-7-23)31(27,28)10-5-21/h3-4,11,15H,2,6-10,12-13H2,1H3,(H,22,30). The summed E-state index contributed by atoms with van der Waals surface area (Å²) in [5, 5.41) is 11.7. The lowest BCUT2D eigenvalue weighted by molar-refractivity contribution is 0.143. The number of carbonyl (C=O) groups excluding carboxylic acids is 1. The number of ether oxygens (including phenoxy) is 1. The van der Waals surface area contributed by atoms with Crippen LogP contribution in [-0.2, 0) is 14.8 Å². The Morgan fingerprint density at radius 2 is 2.06 bits per heavy atom. The Labute approximate surface area is 186 Å². The van der Waals surface area contributed by atoms with Gasteiger partial charge in [-0.05, 0) is 24.6 Å². The van der Waals surface area contributed by atoms with Crippen molar-refractivity contribution in [1.82, 2.24) is 9.62 Å². The zero-order valence-corrected chi connectivity index (χ0v) is 18.7. The molecule has 2 aliphatic heterocycles. The van der Waals surface area contributed by atoms with Crippen LogP contribution in [0.3, 0.4) is 0 Å². The number of hydrogen-bond donors (Lipinski definition) is 1. The summed E-state index contributed by atoms with van der Waals surface area (Å²) in [7, 11) is -3.61. The van der Waals surface area contributed by atoms with Crippen molar-refractivity contribution in [2.45, 2.75) is 19.4 Å². The summed E-state index contributed by atoms with van der Waals surface area (Å²) in [5.41, 5.74) is 0.724. The van der Waals surface area contributed by atoms with Gasteiger partial charge in [-0.2, -0.15) is 9.57 Å². The van der Waals surface area contributed by atoms with Crippen LogP contribution in [0.5, 0.6) is 0 Å². The lowest BCUT2D eigenvalue weighted by Crippen LogP contribution is -2.49. The molecule has 1 unspecified atom stereocenters. The summed E-state index contributed by atoms with van der Waals surface area (Å²) in [5.74, 6) is -1.07. The van der Waals surface area contributed by atoms with Gasteiger partial charge in [-0.1, -0.05) is 19.1 Å². The van der Waals surface area contributed by atoms with E-state index in [9.17, 15) is 17.6 Å². The Bertz CT molecular complexity index is 990. The van der Waals surface area contributed by atoms with Gasteiger partial charge in [0.15, 0.2) is 5.75 Å². The summed E-state index contributed by atoms with van der Waals surface area (Å²) >= 11 is 5.11. The molecular formula is C19H24FN5O4S2. The number of nitrogens with one attached hydrogen (secondary N) is 1. The van der Waals surface area contributed by atoms with E-state index in [0.29, 0.717) is 42.4 Å². The number of nitriles is 1. The van der Waals surface area contributed by atoms with E-state index in [2.05, 4.69) is 5.32 Å². The first kappa shape index (κ1) is 23.2. The van der Waals surface area contributed by atoms with Gasteiger partial charge in [-0.15, -0.1) is 0 Å². The molecule has 0 saturated carbocycles. The molecule has 0 spiro atoms. The number of amides is 1. The molecular weight excluding hydrogens is 445 g/mol. The van der Waals surface area contributed by atoms with Crippen LogP contribution in [0, 0.1) is 17.1 Å². The summed E-state index contributed by atoms with van der Waals surface area (Å²) in [6.07, 6.45) is -0.230. The number of piperazine rings is 1. The highest BCUT2D eigenvalue weighted by Crippen LogP contribution is 2.28. The van der Waals surface area contributed by atoms with Crippen molar-refractivity contribution in [3.63, 3.8) is 0 Å². The maximum Gasteiger partial charge on any atom is 0.414 e. The number of halogens is 1. The van der Waals surface area contributed by atoms with Crippen LogP contribution in [0.4, 0.5) is 20.6 Å². The maximum absolute atomic E-state index is 14.8. The van der Waals surface area contributed by atoms with Crippen molar-refractivity contribution < 1.29 is 22.3 Å². The Morgan fingerprint density at radius 3 is 2.68 bits per heavy atom. The molecule has 31 heavy (non-hydrogen) atoms. The average Bonchev–Trinajstić information content (AvgIpc) is 3.12. The Kier molecular flexibility index (Phi) is 7.30. The normalized spacial score (nSPS) is 19.8. The summed E-state index contributed by atoms with van der Waals surface area (Å²) < 4.78 is 45.4. The molecule has 1 atom stereocenters. The van der Waals surface area contributed by atoms with Crippen molar-refractivity contribution in [1.29, 1.82) is 5.26 Å². The van der Waals surface area contributed by atoms with Crippen molar-refractivity contribution >= 4 is 44.7 Å². The molecule has 2 saturated heterocycles. The molecule has 0 aliphatic carbocycles. The SMILES string of the molecule is CCC(=S)NCC1CN(c2ccc(N3CCN(S(=O)(=O)CC#N)CC3)c(F)c2)C(=O)O1. The third kappa shape index (κ3) is 5.41. The first-order valence-electron chi connectivity index (χ1n) is 9.89. The van der Waals surface area contributed by atoms with E-state index in [4.69, 9.17) is 22.2 Å². The molecule has 2 fully saturated rings. The third-order valence-corrected chi connectivity index (χ3v) is 7.26. The number of thiocarbonyl (C=S) groups is 1. The number of carbonyl (C=O) groups is 1. The number of benzene rings is 1. The van der Waals surface area contributed by atoms with Gasteiger partial charge < -0.3 is 15.0 Å². The molecule has 9 nitrogen and oxygen atoms in total. The number of anilines is 2. The van der Waals surface area contributed by atoms with E-state index in [1.54, 1.807) is 23.1 Å². The molecule has 12 heteroatoms. The number of cyclic esters (lactones) is 1. The smallest absolute Gasteiger partial charge is 0.414 e. The minimum absolute atomic E-state index is 0.179. The number of nitrogens with zero attached hydrogens (tertiary/aromatic N) is 4. The lowest BCUT2D eigenvalue weighted by atomic mass is 10.2. The van der Waals surface area contributed by atoms with Crippen LogP contribution in [0.25, 0.3) is 0 Å². The molecule has 168 valence electrons. The van der Waals surface area contributed by atoms with E-state index in [1.807, 2.05) is 6.92 Å². The quantitative estimate of drug-likeness (QED) is 0.599. The fourth-order valence-electron chi connectivity index (χ4n) is 3.49. The van der Waals surface area contributed by atoms with Gasteiger partial charge in [0.1, 0.15) is 11.9 Å². The van der Waals surface area contributed by atoms with E-state index in [-0.39, 0.29) is 25.7 Å². The van der Waals surface area contributed by atoms with Crippen molar-refractivity contribution in [3.8, 4) is 6.07 Å². The topological polar surface area (TPSA) is 106 Å². The molecule has 0 bridgehead atoms. The van der Waals surface area contributed by atoms with Crippen LogP contribution >= 0.6 is 12.2 Å². The average molecular weight is 470 g/mol. The third-order valence-electron chi connectivity index (χ3n) is 5.18. The zero-order valence-electron chi connectivity index (χ0n) is 17.1. The predicted octanol–water partition coefficient (Wildman–Crippen LogP) is 1.45. The molecule has 0 aromatic heterocycles. The predicted molar refractivity (Wildman–Crippen MR) is 118 cm³/mol. The second kappa shape index (κ2) is 9.76. The van der Waals surface area contributed by atoms with E-state index < -0.39 is 27.7 Å². The van der Waals surface area contributed by atoms with Gasteiger partial charge in [0, 0.05) is 26.2 Å². The monoisotopic (exact) mass is 469 g/mol. The Hall–Kier alpha value is -2.49. The highest BCUT2D eigenvalue weighted by Gasteiger charge is 2.33. The molecule has 1 aromatic rings. The largest absolute Gasteiger partial charge is 0.442 e. The molecule has 3 rings (SSSR count). The minimum Gasteiger partial charge on any atom is -0.442 e. The highest BCUT2D eigenvalue weighted by atomic mass is 32.2. The summed E-state index contributed by atoms with van der Waals surface area (Å²) in [4.78, 5) is 16.0. The molecule has 1 aromatic carbocycles. The molecule has 1 amide bonds. The Morgan fingerprint density at radius 1 is 1.35 bits per heavy atom. The van der Waals surface area contributed by atoms with E-state index >= 15 is 0 Å². The number of sulfonamides is 1. The van der Waals surface area contributed by atoms with Gasteiger partial charge in [-0.3, -0.25) is 4.90 Å². The molecule has 0 radical (unpaired) electrons. The van der Waals surface area contributed by atoms with Crippen LogP contribution in [-0.4, -0.2) is 74.9 Å². The number of rotatable bonds is 7. The van der Waals surface area contributed by atoms with Crippen molar-refractivity contribution in [2.24, 2.45) is 0 Å². The second-order valence-electron chi connectivity index (χ2n) is 7.21. The second-order valence-corrected chi connectivity index (χ2v) is 9.67. The van der Waals surface area contributed by atoms with Crippen LogP contribution < -0.4 is 15.1 Å². The molecule has 2 heterocycles. The van der Waals surface area contributed by atoms with E-state index in [0.717, 1.165) is 0 Å². The first-order chi connectivity index (χ1) is 14.7. The van der Waals surface area contributed by atoms with Gasteiger partial charge in [0.25, 0.3) is 0 Å². The minimum atomic E-state index is -3.61. The van der Waals surface area contributed by atoms with Crippen molar-refractivity contribution in [3.05, 3.63) is 24.0 Å². The fourth-order valence-corrected chi connectivity index (χ4v) is 4.64. The van der Waals surface area contributed by atoms with Gasteiger partial charge in [0.2, 0.25) is 10.0 Å². The number of hydrogen-bond acceptors (Lipinski definition) is 7. The van der Waals surface area contributed by atoms with Crippen LogP contribution in [0.1, 0.15) is 13.3 Å². The zero-order chi connectivity index (χ0) is 22.6. The van der Waals surface area contributed by atoms with Crippen molar-refractivity contribution in [2.75, 3.05) is 54.8 Å².